The Kier molecular flexibility index (Phi) is 5.71. The van der Waals surface area contributed by atoms with Gasteiger partial charge in [0, 0.05) is 23.7 Å². The zero-order valence-corrected chi connectivity index (χ0v) is 17.3. The van der Waals surface area contributed by atoms with E-state index in [4.69, 9.17) is 4.74 Å². The molecule has 1 saturated heterocycles. The highest BCUT2D eigenvalue weighted by molar-refractivity contribution is 7.15. The molecule has 0 aliphatic carbocycles. The Morgan fingerprint density at radius 2 is 2.10 bits per heavy atom. The molecule has 2 aromatic heterocycles. The van der Waals surface area contributed by atoms with Gasteiger partial charge in [-0.25, -0.2) is 15.0 Å². The Hall–Kier alpha value is -3.00. The summed E-state index contributed by atoms with van der Waals surface area (Å²) in [7, 11) is 0. The van der Waals surface area contributed by atoms with E-state index < -0.39 is 0 Å². The maximum absolute atomic E-state index is 12.8. The molecule has 150 valence electrons. The van der Waals surface area contributed by atoms with Crippen LogP contribution in [0.3, 0.4) is 0 Å². The van der Waals surface area contributed by atoms with Gasteiger partial charge in [-0.2, -0.15) is 0 Å². The van der Waals surface area contributed by atoms with E-state index in [1.165, 1.54) is 0 Å². The van der Waals surface area contributed by atoms with Crippen LogP contribution in [0.15, 0.2) is 42.6 Å². The van der Waals surface area contributed by atoms with Crippen LogP contribution in [0.4, 0.5) is 10.9 Å². The number of hydrogen-bond acceptors (Lipinski definition) is 7. The smallest absolute Gasteiger partial charge is 0.261 e. The first kappa shape index (κ1) is 19.3. The lowest BCUT2D eigenvalue weighted by atomic mass is 10.1. The Morgan fingerprint density at radius 1 is 1.28 bits per heavy atom. The van der Waals surface area contributed by atoms with Gasteiger partial charge in [0.1, 0.15) is 17.4 Å². The third kappa shape index (κ3) is 4.71. The second kappa shape index (κ2) is 8.57. The zero-order valence-electron chi connectivity index (χ0n) is 16.5. The molecule has 3 heterocycles. The Bertz CT molecular complexity index is 992. The van der Waals surface area contributed by atoms with Crippen molar-refractivity contribution in [2.24, 2.45) is 0 Å². The van der Waals surface area contributed by atoms with E-state index in [1.807, 2.05) is 61.3 Å². The fourth-order valence-corrected chi connectivity index (χ4v) is 4.14. The van der Waals surface area contributed by atoms with E-state index in [-0.39, 0.29) is 18.6 Å². The van der Waals surface area contributed by atoms with Crippen molar-refractivity contribution in [3.05, 3.63) is 59.0 Å². The van der Waals surface area contributed by atoms with Crippen molar-refractivity contribution in [2.75, 3.05) is 18.5 Å². The summed E-state index contributed by atoms with van der Waals surface area (Å²) in [6.07, 6.45) is 3.65. The van der Waals surface area contributed by atoms with Gasteiger partial charge < -0.3 is 15.0 Å². The Labute approximate surface area is 173 Å². The van der Waals surface area contributed by atoms with E-state index in [0.717, 1.165) is 28.5 Å². The summed E-state index contributed by atoms with van der Waals surface area (Å²) >= 11 is 1.57. The number of aromatic nitrogens is 3. The molecule has 1 N–H and O–H groups in total. The number of anilines is 2. The molecule has 0 spiro atoms. The lowest BCUT2D eigenvalue weighted by molar-refractivity contribution is -0.134. The quantitative estimate of drug-likeness (QED) is 0.662. The normalized spacial score (nSPS) is 16.1. The summed E-state index contributed by atoms with van der Waals surface area (Å²) in [5.74, 6) is 2.03. The van der Waals surface area contributed by atoms with Crippen LogP contribution in [0.1, 0.15) is 35.3 Å². The highest BCUT2D eigenvalue weighted by atomic mass is 32.1. The number of thiazole rings is 1. The third-order valence-electron chi connectivity index (χ3n) is 4.73. The minimum absolute atomic E-state index is 0.0219. The van der Waals surface area contributed by atoms with Gasteiger partial charge in [0.2, 0.25) is 0 Å². The molecular weight excluding hydrogens is 386 g/mol. The predicted octanol–water partition coefficient (Wildman–Crippen LogP) is 4.04. The first-order valence-electron chi connectivity index (χ1n) is 9.61. The van der Waals surface area contributed by atoms with Gasteiger partial charge in [-0.15, -0.1) is 11.3 Å². The van der Waals surface area contributed by atoms with E-state index in [0.29, 0.717) is 23.9 Å². The molecule has 1 aromatic carbocycles. The Balaban J connectivity index is 1.48. The average molecular weight is 410 g/mol. The summed E-state index contributed by atoms with van der Waals surface area (Å²) in [4.78, 5) is 29.2. The van der Waals surface area contributed by atoms with Crippen LogP contribution in [-0.2, 0) is 4.79 Å². The molecule has 1 aliphatic heterocycles. The minimum atomic E-state index is -0.0674. The number of benzene rings is 1. The van der Waals surface area contributed by atoms with Gasteiger partial charge >= 0.3 is 0 Å². The van der Waals surface area contributed by atoms with Crippen LogP contribution in [0.5, 0.6) is 5.75 Å². The minimum Gasteiger partial charge on any atom is -0.484 e. The molecule has 4 rings (SSSR count). The first-order chi connectivity index (χ1) is 14.1. The second-order valence-corrected chi connectivity index (χ2v) is 8.21. The predicted molar refractivity (Wildman–Crippen MR) is 113 cm³/mol. The lowest BCUT2D eigenvalue weighted by Crippen LogP contribution is -2.35. The van der Waals surface area contributed by atoms with Crippen molar-refractivity contribution >= 4 is 28.2 Å². The third-order valence-corrected chi connectivity index (χ3v) is 5.56. The largest absolute Gasteiger partial charge is 0.484 e. The van der Waals surface area contributed by atoms with Crippen molar-refractivity contribution in [3.63, 3.8) is 0 Å². The maximum atomic E-state index is 12.8. The molecule has 0 bridgehead atoms. The fraction of sp³-hybridized carbons (Fsp3) is 0.333. The van der Waals surface area contributed by atoms with Crippen LogP contribution in [0, 0.1) is 13.8 Å². The Morgan fingerprint density at radius 3 is 2.86 bits per heavy atom. The highest BCUT2D eigenvalue weighted by Crippen LogP contribution is 2.32. The molecule has 1 unspecified atom stereocenters. The molecule has 1 amide bonds. The van der Waals surface area contributed by atoms with Gasteiger partial charge in [0.15, 0.2) is 11.7 Å². The van der Waals surface area contributed by atoms with E-state index in [1.54, 1.807) is 11.3 Å². The van der Waals surface area contributed by atoms with Gasteiger partial charge in [-0.05, 0) is 38.8 Å². The van der Waals surface area contributed by atoms with E-state index in [2.05, 4.69) is 20.3 Å². The monoisotopic (exact) mass is 409 g/mol. The summed E-state index contributed by atoms with van der Waals surface area (Å²) in [6, 6.07) is 11.2. The molecule has 8 heteroatoms. The first-order valence-corrected chi connectivity index (χ1v) is 10.4. The van der Waals surface area contributed by atoms with Gasteiger partial charge in [-0.3, -0.25) is 4.79 Å². The van der Waals surface area contributed by atoms with Crippen molar-refractivity contribution in [1.82, 2.24) is 19.9 Å². The zero-order chi connectivity index (χ0) is 20.2. The topological polar surface area (TPSA) is 80.2 Å². The van der Waals surface area contributed by atoms with Crippen molar-refractivity contribution in [3.8, 4) is 5.75 Å². The van der Waals surface area contributed by atoms with E-state index in [9.17, 15) is 4.79 Å². The highest BCUT2D eigenvalue weighted by Gasteiger charge is 2.31. The number of para-hydroxylation sites is 1. The van der Waals surface area contributed by atoms with Crippen LogP contribution < -0.4 is 10.1 Å². The molecule has 1 atom stereocenters. The molecule has 0 radical (unpaired) electrons. The molecule has 3 aromatic rings. The molecular formula is C21H23N5O2S. The number of carbonyl (C=O) groups excluding carboxylic acids is 1. The van der Waals surface area contributed by atoms with E-state index >= 15 is 0 Å². The van der Waals surface area contributed by atoms with Crippen molar-refractivity contribution < 1.29 is 9.53 Å². The van der Waals surface area contributed by atoms with Crippen molar-refractivity contribution in [2.45, 2.75) is 32.7 Å². The number of amides is 1. The number of likely N-dealkylation sites (tertiary alicyclic amines) is 1. The van der Waals surface area contributed by atoms with Crippen LogP contribution in [0.2, 0.25) is 0 Å². The SMILES string of the molecule is Cc1nc(Nc2ncc(C)s2)cc(C2CCCN2C(=O)COc2ccccc2)n1. The van der Waals surface area contributed by atoms with Crippen LogP contribution >= 0.6 is 11.3 Å². The average Bonchev–Trinajstić information content (AvgIpc) is 3.36. The van der Waals surface area contributed by atoms with Crippen LogP contribution in [0.25, 0.3) is 0 Å². The summed E-state index contributed by atoms with van der Waals surface area (Å²) in [5, 5.41) is 4.04. The number of carbonyl (C=O) groups is 1. The summed E-state index contributed by atoms with van der Waals surface area (Å²) in [6.45, 7) is 4.60. The van der Waals surface area contributed by atoms with Gasteiger partial charge in [0.25, 0.3) is 5.91 Å². The van der Waals surface area contributed by atoms with Crippen molar-refractivity contribution in [1.29, 1.82) is 0 Å². The second-order valence-electron chi connectivity index (χ2n) is 6.97. The number of nitrogens with zero attached hydrogens (tertiary/aromatic N) is 4. The molecule has 1 aliphatic rings. The summed E-state index contributed by atoms with van der Waals surface area (Å²) in [5.41, 5.74) is 0.846. The van der Waals surface area contributed by atoms with Crippen LogP contribution in [-0.4, -0.2) is 38.9 Å². The molecule has 29 heavy (non-hydrogen) atoms. The molecule has 0 saturated carbocycles. The number of aryl methyl sites for hydroxylation is 2. The number of rotatable bonds is 6. The molecule has 7 nitrogen and oxygen atoms in total. The summed E-state index contributed by atoms with van der Waals surface area (Å²) < 4.78 is 5.65. The van der Waals surface area contributed by atoms with Gasteiger partial charge in [-0.1, -0.05) is 18.2 Å². The fourth-order valence-electron chi connectivity index (χ4n) is 3.47. The number of nitrogens with one attached hydrogen (secondary N) is 1. The standard InChI is InChI=1S/C21H23N5O2S/c1-14-12-22-21(29-14)25-19-11-17(23-15(2)24-19)18-9-6-10-26(18)20(27)13-28-16-7-4-3-5-8-16/h3-5,7-8,11-12,18H,6,9-10,13H2,1-2H3,(H,22,23,24,25). The number of ether oxygens (including phenoxy) is 1. The lowest BCUT2D eigenvalue weighted by Gasteiger charge is -2.25. The number of hydrogen-bond donors (Lipinski definition) is 1. The van der Waals surface area contributed by atoms with Gasteiger partial charge in [0.05, 0.1) is 11.7 Å². The maximum Gasteiger partial charge on any atom is 0.261 e. The molecule has 1 fully saturated rings.